The number of nitrogen functional groups attached to an aromatic ring is 1. The number of nitrogens with two attached hydrogens (primary N) is 1. The molecule has 0 spiro atoms. The van der Waals surface area contributed by atoms with Crippen LogP contribution in [0.5, 0.6) is 5.75 Å². The van der Waals surface area contributed by atoms with Gasteiger partial charge in [0.1, 0.15) is 17.9 Å². The van der Waals surface area contributed by atoms with Crippen molar-refractivity contribution in [2.45, 2.75) is 0 Å². The number of hydrogen-bond acceptors (Lipinski definition) is 5. The summed E-state index contributed by atoms with van der Waals surface area (Å²) >= 11 is 3.54. The lowest BCUT2D eigenvalue weighted by atomic mass is 10.1. The maximum Gasteiger partial charge on any atom is 0.292 e. The van der Waals surface area contributed by atoms with E-state index in [0.29, 0.717) is 12.2 Å². The van der Waals surface area contributed by atoms with Gasteiger partial charge in [-0.15, -0.1) is 0 Å². The first-order valence-corrected chi connectivity index (χ1v) is 8.37. The van der Waals surface area contributed by atoms with Gasteiger partial charge in [-0.25, -0.2) is 0 Å². The SMILES string of the molecule is Nc1nc2ccc(-c3[nH]c4cc(Br)cc5c4c3NCCO5)cc2o1. The van der Waals surface area contributed by atoms with Crippen molar-refractivity contribution in [3.8, 4) is 17.0 Å². The van der Waals surface area contributed by atoms with Crippen LogP contribution in [-0.2, 0) is 0 Å². The Morgan fingerprint density at radius 1 is 1.21 bits per heavy atom. The zero-order valence-electron chi connectivity index (χ0n) is 12.5. The van der Waals surface area contributed by atoms with Crippen molar-refractivity contribution in [1.29, 1.82) is 0 Å². The highest BCUT2D eigenvalue weighted by Gasteiger charge is 2.20. The van der Waals surface area contributed by atoms with Gasteiger partial charge in [-0.05, 0) is 24.3 Å². The zero-order valence-corrected chi connectivity index (χ0v) is 14.1. The standard InChI is InChI=1S/C17H13BrN4O2/c18-9-6-11-14-13(7-9)23-4-3-20-16(14)15(21-11)8-1-2-10-12(5-8)24-17(19)22-10/h1-2,5-7,20-21H,3-4H2,(H2,19,22). The molecule has 3 heterocycles. The van der Waals surface area contributed by atoms with Crippen LogP contribution in [0.1, 0.15) is 0 Å². The highest BCUT2D eigenvalue weighted by molar-refractivity contribution is 9.10. The third kappa shape index (κ3) is 1.98. The van der Waals surface area contributed by atoms with Crippen molar-refractivity contribution >= 4 is 49.6 Å². The minimum absolute atomic E-state index is 0.176. The Labute approximate surface area is 145 Å². The van der Waals surface area contributed by atoms with Crippen molar-refractivity contribution in [2.24, 2.45) is 0 Å². The largest absolute Gasteiger partial charge is 0.491 e. The van der Waals surface area contributed by atoms with Gasteiger partial charge in [-0.1, -0.05) is 22.0 Å². The summed E-state index contributed by atoms with van der Waals surface area (Å²) in [4.78, 5) is 7.63. The number of aromatic amines is 1. The Hall–Kier alpha value is -2.67. The summed E-state index contributed by atoms with van der Waals surface area (Å²) in [5.41, 5.74) is 11.1. The van der Waals surface area contributed by atoms with Gasteiger partial charge in [0, 0.05) is 16.6 Å². The fraction of sp³-hybridized carbons (Fsp3) is 0.118. The molecule has 0 saturated heterocycles. The number of nitrogens with zero attached hydrogens (tertiary/aromatic N) is 1. The molecule has 2 aromatic carbocycles. The molecule has 0 radical (unpaired) electrons. The van der Waals surface area contributed by atoms with Crippen LogP contribution >= 0.6 is 15.9 Å². The zero-order chi connectivity index (χ0) is 16.3. The van der Waals surface area contributed by atoms with Crippen LogP contribution in [0.3, 0.4) is 0 Å². The predicted molar refractivity (Wildman–Crippen MR) is 97.4 cm³/mol. The molecule has 7 heteroatoms. The Kier molecular flexibility index (Phi) is 2.81. The van der Waals surface area contributed by atoms with E-state index in [1.165, 1.54) is 0 Å². The molecule has 5 rings (SSSR count). The van der Waals surface area contributed by atoms with E-state index in [1.54, 1.807) is 0 Å². The van der Waals surface area contributed by atoms with Crippen LogP contribution < -0.4 is 15.8 Å². The number of nitrogens with one attached hydrogen (secondary N) is 2. The van der Waals surface area contributed by atoms with E-state index >= 15 is 0 Å². The van der Waals surface area contributed by atoms with E-state index in [-0.39, 0.29) is 6.01 Å². The number of rotatable bonds is 1. The van der Waals surface area contributed by atoms with Crippen molar-refractivity contribution in [2.75, 3.05) is 24.2 Å². The van der Waals surface area contributed by atoms with E-state index in [1.807, 2.05) is 30.3 Å². The summed E-state index contributed by atoms with van der Waals surface area (Å²) in [7, 11) is 0. The van der Waals surface area contributed by atoms with Gasteiger partial charge in [0.05, 0.1) is 22.3 Å². The number of anilines is 2. The quantitative estimate of drug-likeness (QED) is 0.459. The van der Waals surface area contributed by atoms with Crippen LogP contribution in [0.4, 0.5) is 11.7 Å². The first kappa shape index (κ1) is 13.7. The molecule has 4 N–H and O–H groups in total. The third-order valence-corrected chi connectivity index (χ3v) is 4.64. The normalized spacial score (nSPS) is 13.7. The molecule has 0 bridgehead atoms. The second-order valence-electron chi connectivity index (χ2n) is 5.71. The lowest BCUT2D eigenvalue weighted by Gasteiger charge is -2.05. The average Bonchev–Trinajstić information content (AvgIpc) is 3.02. The van der Waals surface area contributed by atoms with Gasteiger partial charge in [0.2, 0.25) is 0 Å². The maximum atomic E-state index is 5.87. The fourth-order valence-electron chi connectivity index (χ4n) is 3.20. The third-order valence-electron chi connectivity index (χ3n) is 4.18. The molecule has 2 aromatic heterocycles. The summed E-state index contributed by atoms with van der Waals surface area (Å²) < 4.78 is 12.3. The Morgan fingerprint density at radius 3 is 3.04 bits per heavy atom. The van der Waals surface area contributed by atoms with E-state index in [0.717, 1.165) is 50.1 Å². The minimum Gasteiger partial charge on any atom is -0.491 e. The van der Waals surface area contributed by atoms with Crippen LogP contribution in [0, 0.1) is 0 Å². The molecule has 1 aliphatic rings. The molecule has 120 valence electrons. The minimum atomic E-state index is 0.176. The molecule has 4 aromatic rings. The molecular weight excluding hydrogens is 372 g/mol. The number of oxazole rings is 1. The summed E-state index contributed by atoms with van der Waals surface area (Å²) in [6.07, 6.45) is 0. The van der Waals surface area contributed by atoms with Crippen LogP contribution in [0.2, 0.25) is 0 Å². The van der Waals surface area contributed by atoms with E-state index in [4.69, 9.17) is 14.9 Å². The second kappa shape index (κ2) is 4.91. The predicted octanol–water partition coefficient (Wildman–Crippen LogP) is 4.13. The Bertz CT molecular complexity index is 1100. The number of ether oxygens (including phenoxy) is 1. The first-order valence-electron chi connectivity index (χ1n) is 7.57. The van der Waals surface area contributed by atoms with Crippen LogP contribution in [-0.4, -0.2) is 23.1 Å². The highest BCUT2D eigenvalue weighted by atomic mass is 79.9. The number of benzene rings is 2. The molecule has 0 amide bonds. The Morgan fingerprint density at radius 2 is 2.12 bits per heavy atom. The summed E-state index contributed by atoms with van der Waals surface area (Å²) in [6.45, 7) is 1.36. The molecule has 0 fully saturated rings. The van der Waals surface area contributed by atoms with Gasteiger partial charge in [-0.2, -0.15) is 4.98 Å². The molecule has 0 aliphatic carbocycles. The fourth-order valence-corrected chi connectivity index (χ4v) is 3.64. The number of aromatic nitrogens is 2. The number of hydrogen-bond donors (Lipinski definition) is 3. The van der Waals surface area contributed by atoms with E-state index in [2.05, 4.69) is 31.2 Å². The molecule has 0 atom stereocenters. The number of halogens is 1. The van der Waals surface area contributed by atoms with Crippen molar-refractivity contribution in [3.05, 3.63) is 34.8 Å². The first-order chi connectivity index (χ1) is 11.7. The van der Waals surface area contributed by atoms with Crippen molar-refractivity contribution < 1.29 is 9.15 Å². The molecule has 0 unspecified atom stereocenters. The van der Waals surface area contributed by atoms with Gasteiger partial charge in [0.15, 0.2) is 5.58 Å². The smallest absolute Gasteiger partial charge is 0.292 e. The van der Waals surface area contributed by atoms with Crippen LogP contribution in [0.25, 0.3) is 33.3 Å². The number of H-pyrrole nitrogens is 1. The lowest BCUT2D eigenvalue weighted by molar-refractivity contribution is 0.339. The molecular formula is C17H13BrN4O2. The summed E-state index contributed by atoms with van der Waals surface area (Å²) in [5.74, 6) is 0.867. The monoisotopic (exact) mass is 384 g/mol. The number of fused-ring (bicyclic) bond motifs is 1. The molecule has 6 nitrogen and oxygen atoms in total. The molecule has 1 aliphatic heterocycles. The maximum absolute atomic E-state index is 5.87. The average molecular weight is 385 g/mol. The van der Waals surface area contributed by atoms with Gasteiger partial charge in [-0.3, -0.25) is 0 Å². The summed E-state index contributed by atoms with van der Waals surface area (Å²) in [5, 5.41) is 4.52. The Balaban J connectivity index is 1.79. The topological polar surface area (TPSA) is 89.1 Å². The van der Waals surface area contributed by atoms with Crippen molar-refractivity contribution in [1.82, 2.24) is 9.97 Å². The molecule has 24 heavy (non-hydrogen) atoms. The van der Waals surface area contributed by atoms with Crippen molar-refractivity contribution in [3.63, 3.8) is 0 Å². The van der Waals surface area contributed by atoms with E-state index in [9.17, 15) is 0 Å². The summed E-state index contributed by atoms with van der Waals surface area (Å²) in [6, 6.07) is 10.1. The second-order valence-corrected chi connectivity index (χ2v) is 6.63. The van der Waals surface area contributed by atoms with Gasteiger partial charge in [0.25, 0.3) is 6.01 Å². The van der Waals surface area contributed by atoms with Gasteiger partial charge >= 0.3 is 0 Å². The molecule has 0 saturated carbocycles. The lowest BCUT2D eigenvalue weighted by Crippen LogP contribution is -2.08. The highest BCUT2D eigenvalue weighted by Crippen LogP contribution is 2.43. The van der Waals surface area contributed by atoms with Gasteiger partial charge < -0.3 is 25.2 Å². The van der Waals surface area contributed by atoms with E-state index < -0.39 is 0 Å². The van der Waals surface area contributed by atoms with Crippen LogP contribution in [0.15, 0.2) is 39.2 Å².